The van der Waals surface area contributed by atoms with Crippen molar-refractivity contribution in [2.24, 2.45) is 0 Å². The summed E-state index contributed by atoms with van der Waals surface area (Å²) in [5, 5.41) is 2.53. The maximum atomic E-state index is 14.1. The van der Waals surface area contributed by atoms with E-state index in [1.54, 1.807) is 18.2 Å². The normalized spacial score (nSPS) is 13.4. The van der Waals surface area contributed by atoms with Crippen LogP contribution < -0.4 is 9.62 Å². The monoisotopic (exact) mass is 474 g/mol. The Morgan fingerprint density at radius 3 is 2.47 bits per heavy atom. The van der Waals surface area contributed by atoms with Crippen LogP contribution in [0.25, 0.3) is 5.57 Å². The standard InChI is InChI=1S/C23H17ClF2N2O3S/c1-14-11-12-28(32(30,31)17-8-5-15(25)6-9-17)21-13-16(7-10-18(14)21)27-23(29)22-19(24)3-2-4-20(22)26/h2-11,13H,12H2,1H3,(H,27,29). The zero-order chi connectivity index (χ0) is 23.0. The molecule has 0 saturated heterocycles. The molecule has 3 aromatic rings. The lowest BCUT2D eigenvalue weighted by Gasteiger charge is -2.30. The van der Waals surface area contributed by atoms with E-state index in [9.17, 15) is 22.0 Å². The number of allylic oxidation sites excluding steroid dienone is 1. The van der Waals surface area contributed by atoms with E-state index < -0.39 is 27.6 Å². The molecular weight excluding hydrogens is 458 g/mol. The number of nitrogens with one attached hydrogen (secondary N) is 1. The molecule has 1 heterocycles. The van der Waals surface area contributed by atoms with Crippen LogP contribution in [0.3, 0.4) is 0 Å². The predicted octanol–water partition coefficient (Wildman–Crippen LogP) is 5.48. The summed E-state index contributed by atoms with van der Waals surface area (Å²) in [5.41, 5.74) is 1.82. The molecule has 0 aliphatic carbocycles. The molecule has 32 heavy (non-hydrogen) atoms. The number of halogens is 3. The van der Waals surface area contributed by atoms with Gasteiger partial charge in [-0.3, -0.25) is 9.10 Å². The van der Waals surface area contributed by atoms with Crippen molar-refractivity contribution in [1.29, 1.82) is 0 Å². The highest BCUT2D eigenvalue weighted by molar-refractivity contribution is 7.92. The number of benzene rings is 3. The third-order valence-electron chi connectivity index (χ3n) is 5.10. The molecule has 3 aromatic carbocycles. The van der Waals surface area contributed by atoms with Gasteiger partial charge in [0.05, 0.1) is 27.7 Å². The first-order chi connectivity index (χ1) is 15.2. The van der Waals surface area contributed by atoms with Crippen LogP contribution in [-0.4, -0.2) is 20.9 Å². The highest BCUT2D eigenvalue weighted by atomic mass is 35.5. The Labute approximate surface area is 189 Å². The molecule has 164 valence electrons. The summed E-state index contributed by atoms with van der Waals surface area (Å²) in [6, 6.07) is 13.2. The molecule has 1 aliphatic heterocycles. The lowest BCUT2D eigenvalue weighted by Crippen LogP contribution is -2.33. The molecule has 0 unspecified atom stereocenters. The Hall–Kier alpha value is -3.23. The van der Waals surface area contributed by atoms with Crippen molar-refractivity contribution in [3.05, 3.63) is 94.5 Å². The van der Waals surface area contributed by atoms with Gasteiger partial charge in [0.2, 0.25) is 0 Å². The lowest BCUT2D eigenvalue weighted by atomic mass is 10.0. The number of anilines is 2. The minimum absolute atomic E-state index is 0.0419. The number of carbonyl (C=O) groups is 1. The number of hydrogen-bond donors (Lipinski definition) is 1. The highest BCUT2D eigenvalue weighted by Gasteiger charge is 2.29. The molecular formula is C23H17ClF2N2O3S. The van der Waals surface area contributed by atoms with E-state index in [0.29, 0.717) is 11.3 Å². The fourth-order valence-corrected chi connectivity index (χ4v) is 5.11. The lowest BCUT2D eigenvalue weighted by molar-refractivity contribution is 0.102. The second kappa shape index (κ2) is 8.37. The van der Waals surface area contributed by atoms with Gasteiger partial charge in [0.1, 0.15) is 11.6 Å². The number of hydrogen-bond acceptors (Lipinski definition) is 3. The van der Waals surface area contributed by atoms with Crippen molar-refractivity contribution in [2.75, 3.05) is 16.2 Å². The van der Waals surface area contributed by atoms with E-state index in [2.05, 4.69) is 5.32 Å². The fourth-order valence-electron chi connectivity index (χ4n) is 3.45. The zero-order valence-electron chi connectivity index (χ0n) is 16.8. The van der Waals surface area contributed by atoms with Crippen molar-refractivity contribution in [2.45, 2.75) is 11.8 Å². The fraction of sp³-hybridized carbons (Fsp3) is 0.0870. The number of amides is 1. The predicted molar refractivity (Wildman–Crippen MR) is 120 cm³/mol. The first-order valence-electron chi connectivity index (χ1n) is 9.53. The number of nitrogens with zero attached hydrogens (tertiary/aromatic N) is 1. The summed E-state index contributed by atoms with van der Waals surface area (Å²) >= 11 is 5.96. The van der Waals surface area contributed by atoms with E-state index in [4.69, 9.17) is 11.6 Å². The van der Waals surface area contributed by atoms with Crippen LogP contribution in [-0.2, 0) is 10.0 Å². The topological polar surface area (TPSA) is 66.5 Å². The van der Waals surface area contributed by atoms with Crippen molar-refractivity contribution < 1.29 is 22.0 Å². The van der Waals surface area contributed by atoms with Gasteiger partial charge in [0.15, 0.2) is 0 Å². The van der Waals surface area contributed by atoms with Crippen LogP contribution in [0.1, 0.15) is 22.8 Å². The summed E-state index contributed by atoms with van der Waals surface area (Å²) in [6.45, 7) is 1.91. The Balaban J connectivity index is 1.73. The van der Waals surface area contributed by atoms with Gasteiger partial charge in [0.25, 0.3) is 15.9 Å². The number of carbonyl (C=O) groups excluding carboxylic acids is 1. The molecule has 1 N–H and O–H groups in total. The summed E-state index contributed by atoms with van der Waals surface area (Å²) in [6.07, 6.45) is 1.76. The van der Waals surface area contributed by atoms with Gasteiger partial charge in [-0.1, -0.05) is 29.8 Å². The molecule has 0 atom stereocenters. The third-order valence-corrected chi connectivity index (χ3v) is 7.21. The molecule has 5 nitrogen and oxygen atoms in total. The van der Waals surface area contributed by atoms with Gasteiger partial charge in [-0.25, -0.2) is 17.2 Å². The molecule has 0 spiro atoms. The van der Waals surface area contributed by atoms with Crippen LogP contribution in [0.5, 0.6) is 0 Å². The first kappa shape index (κ1) is 22.0. The second-order valence-electron chi connectivity index (χ2n) is 7.16. The molecule has 0 radical (unpaired) electrons. The van der Waals surface area contributed by atoms with Crippen LogP contribution in [0.15, 0.2) is 71.6 Å². The van der Waals surface area contributed by atoms with Crippen LogP contribution >= 0.6 is 11.6 Å². The average Bonchev–Trinajstić information content (AvgIpc) is 2.74. The van der Waals surface area contributed by atoms with Crippen molar-refractivity contribution in [1.82, 2.24) is 0 Å². The van der Waals surface area contributed by atoms with E-state index in [0.717, 1.165) is 23.8 Å². The van der Waals surface area contributed by atoms with Gasteiger partial charge in [-0.2, -0.15) is 0 Å². The van der Waals surface area contributed by atoms with Crippen LogP contribution in [0.4, 0.5) is 20.2 Å². The summed E-state index contributed by atoms with van der Waals surface area (Å²) < 4.78 is 55.0. The Bertz CT molecular complexity index is 1340. The van der Waals surface area contributed by atoms with Gasteiger partial charge in [0, 0.05) is 11.3 Å². The average molecular weight is 475 g/mol. The SMILES string of the molecule is CC1=CCN(S(=O)(=O)c2ccc(F)cc2)c2cc(NC(=O)c3c(F)cccc3Cl)ccc21. The molecule has 0 bridgehead atoms. The number of rotatable bonds is 4. The van der Waals surface area contributed by atoms with Gasteiger partial charge < -0.3 is 5.32 Å². The second-order valence-corrected chi connectivity index (χ2v) is 9.43. The summed E-state index contributed by atoms with van der Waals surface area (Å²) in [5.74, 6) is -2.08. The maximum Gasteiger partial charge on any atom is 0.264 e. The van der Waals surface area contributed by atoms with E-state index >= 15 is 0 Å². The quantitative estimate of drug-likeness (QED) is 0.544. The molecule has 1 amide bonds. The Morgan fingerprint density at radius 2 is 1.78 bits per heavy atom. The van der Waals surface area contributed by atoms with Crippen molar-refractivity contribution >= 4 is 44.5 Å². The highest BCUT2D eigenvalue weighted by Crippen LogP contribution is 2.37. The minimum atomic E-state index is -4.00. The summed E-state index contributed by atoms with van der Waals surface area (Å²) in [4.78, 5) is 12.5. The number of fused-ring (bicyclic) bond motifs is 1. The molecule has 4 rings (SSSR count). The molecule has 0 fully saturated rings. The van der Waals surface area contributed by atoms with Gasteiger partial charge in [-0.15, -0.1) is 0 Å². The van der Waals surface area contributed by atoms with E-state index in [1.807, 2.05) is 6.92 Å². The minimum Gasteiger partial charge on any atom is -0.322 e. The van der Waals surface area contributed by atoms with Gasteiger partial charge in [-0.05, 0) is 61.0 Å². The van der Waals surface area contributed by atoms with Gasteiger partial charge >= 0.3 is 0 Å². The Kier molecular flexibility index (Phi) is 5.75. The van der Waals surface area contributed by atoms with Crippen LogP contribution in [0, 0.1) is 11.6 Å². The van der Waals surface area contributed by atoms with E-state index in [-0.39, 0.29) is 27.7 Å². The first-order valence-corrected chi connectivity index (χ1v) is 11.3. The molecule has 1 aliphatic rings. The number of sulfonamides is 1. The van der Waals surface area contributed by atoms with Crippen LogP contribution in [0.2, 0.25) is 5.02 Å². The Morgan fingerprint density at radius 1 is 1.06 bits per heavy atom. The van der Waals surface area contributed by atoms with E-state index in [1.165, 1.54) is 34.6 Å². The molecule has 0 aromatic heterocycles. The largest absolute Gasteiger partial charge is 0.322 e. The van der Waals surface area contributed by atoms with Crippen molar-refractivity contribution in [3.63, 3.8) is 0 Å². The summed E-state index contributed by atoms with van der Waals surface area (Å²) in [7, 11) is -4.00. The molecule has 9 heteroatoms. The molecule has 0 saturated carbocycles. The maximum absolute atomic E-state index is 14.1. The zero-order valence-corrected chi connectivity index (χ0v) is 18.3. The van der Waals surface area contributed by atoms with Crippen molar-refractivity contribution in [3.8, 4) is 0 Å². The third kappa shape index (κ3) is 3.99. The smallest absolute Gasteiger partial charge is 0.264 e.